The summed E-state index contributed by atoms with van der Waals surface area (Å²) in [5, 5.41) is 19.7. The van der Waals surface area contributed by atoms with Crippen molar-refractivity contribution in [2.75, 3.05) is 7.11 Å². The second kappa shape index (κ2) is 35.4. The molecule has 0 saturated carbocycles. The summed E-state index contributed by atoms with van der Waals surface area (Å²) in [6, 6.07) is 119. The number of hydrogen-bond donors (Lipinski definition) is 2. The van der Waals surface area contributed by atoms with Crippen LogP contribution in [0.5, 0.6) is 28.7 Å². The van der Waals surface area contributed by atoms with Crippen LogP contribution in [0.2, 0.25) is 0 Å². The minimum atomic E-state index is -0.196. The molecule has 2 N–H and O–H groups in total. The monoisotopic (exact) mass is 1440 g/mol. The molecule has 0 amide bonds. The number of ether oxygens (including phenoxy) is 3. The predicted octanol–water partition coefficient (Wildman–Crippen LogP) is 22.2. The number of halogens is 1. The van der Waals surface area contributed by atoms with Crippen molar-refractivity contribution in [3.05, 3.63) is 412 Å². The minimum absolute atomic E-state index is 0.0292. The first kappa shape index (κ1) is 70.9. The Kier molecular flexibility index (Phi) is 24.4. The van der Waals surface area contributed by atoms with E-state index in [1.807, 2.05) is 115 Å². The summed E-state index contributed by atoms with van der Waals surface area (Å²) in [7, 11) is 1.24. The molecule has 0 aromatic heterocycles. The molecule has 4 aliphatic rings. The van der Waals surface area contributed by atoms with Gasteiger partial charge in [0.2, 0.25) is 9.79 Å². The lowest BCUT2D eigenvalue weighted by molar-refractivity contribution is 0.242. The van der Waals surface area contributed by atoms with Crippen molar-refractivity contribution in [1.29, 1.82) is 0 Å². The molecule has 6 atom stereocenters. The van der Waals surface area contributed by atoms with Crippen molar-refractivity contribution >= 4 is 54.5 Å². The van der Waals surface area contributed by atoms with E-state index >= 15 is 0 Å². The first-order valence-corrected chi connectivity index (χ1v) is 40.2. The van der Waals surface area contributed by atoms with Crippen LogP contribution < -0.4 is 14.2 Å². The van der Waals surface area contributed by atoms with E-state index in [-0.39, 0.29) is 72.5 Å². The lowest BCUT2D eigenvalue weighted by Gasteiger charge is -2.30. The van der Waals surface area contributed by atoms with Crippen LogP contribution in [-0.2, 0) is 54.5 Å². The summed E-state index contributed by atoms with van der Waals surface area (Å²) < 4.78 is 30.7. The molecule has 5 nitrogen and oxygen atoms in total. The van der Waals surface area contributed by atoms with Gasteiger partial charge in [-0.3, -0.25) is 0 Å². The Labute approximate surface area is 619 Å². The minimum Gasteiger partial charge on any atom is -0.508 e. The number of aromatic hydroxyl groups is 2. The zero-order valence-corrected chi connectivity index (χ0v) is 61.0. The van der Waals surface area contributed by atoms with E-state index in [1.165, 1.54) is 76.4 Å². The Bertz CT molecular complexity index is 4530. The maximum atomic E-state index is 13.2. The van der Waals surface area contributed by atoms with Crippen molar-refractivity contribution in [2.45, 2.75) is 93.3 Å². The number of methoxy groups -OCH3 is 1. The van der Waals surface area contributed by atoms with Crippen LogP contribution in [0.1, 0.15) is 5.56 Å². The van der Waals surface area contributed by atoms with Gasteiger partial charge in [0.25, 0.3) is 0 Å². The highest BCUT2D eigenvalue weighted by molar-refractivity contribution is 7.98. The molecule has 0 fully saturated rings. The SMILES string of the molecule is COc1ccc([S+](c2ccccc2)c2ccccc2)cc1.Cc1ccc([S+]2c3ccccc3OC3C=CC=CC32)cc1.Fc1ccc([S+](c2ccccc2)c2ccccc2)cc1.Oc1ccc([S+](c2ccccc2)c2ccccc2)cc1.Oc1ccc([S+]2c3ccccc3OC3C=CC=CC32)cc1. The van der Waals surface area contributed by atoms with Crippen LogP contribution in [0, 0.1) is 12.7 Å². The Morgan fingerprint density at radius 2 is 0.583 bits per heavy atom. The largest absolute Gasteiger partial charge is 0.508 e. The number of aryl methyl sites for hydroxylation is 1. The summed E-state index contributed by atoms with van der Waals surface area (Å²) in [5.41, 5.74) is 1.31. The topological polar surface area (TPSA) is 68.2 Å². The molecule has 0 radical (unpaired) electrons. The molecule has 13 aromatic carbocycles. The molecule has 2 aliphatic carbocycles. The standard InChI is InChI=1S/2C19H17OS.C18H14FS.C18H14O2S.C18H14OS/c1-14-10-12-15(13-11-14)21-18-8-4-2-6-16(18)20-17-7-3-5-9-19(17)21;1-20-16-12-14-19(15-13-16)21(17-8-4-2-5-9-17)18-10-6-3-7-11-18;19-15-11-13-18(14-12-15)20(16-7-3-1-4-8-16)17-9-5-2-6-10-17;19-13-9-11-14(12-10-13)21-17-7-3-1-5-15(17)20-16-6-2-4-8-18(16)21;19-15-11-13-18(14-12-15)20(16-7-3-1-4-8-16)17-9-5-2-6-10-17/h2-13,16,18H,1H3;2-15H,1H3;1-14H;1-12,15,17H;1-14H/q3*+1;;/p+2. The van der Waals surface area contributed by atoms with Gasteiger partial charge in [0, 0.05) is 0 Å². The predicted molar refractivity (Wildman–Crippen MR) is 426 cm³/mol. The number of allylic oxidation sites excluding steroid dienone is 4. The molecule has 0 saturated heterocycles. The van der Waals surface area contributed by atoms with Gasteiger partial charge in [-0.1, -0.05) is 175 Å². The van der Waals surface area contributed by atoms with Crippen LogP contribution in [0.4, 0.5) is 4.39 Å². The molecule has 0 bridgehead atoms. The summed E-state index contributed by atoms with van der Waals surface area (Å²) >= 11 is 0. The van der Waals surface area contributed by atoms with Gasteiger partial charge in [0.15, 0.2) is 88.1 Å². The lowest BCUT2D eigenvalue weighted by Crippen LogP contribution is -2.40. The van der Waals surface area contributed by atoms with E-state index < -0.39 is 0 Å². The molecule has 508 valence electrons. The molecule has 2 aliphatic heterocycles. The quantitative estimate of drug-likeness (QED) is 0.119. The molecule has 0 spiro atoms. The second-order valence-corrected chi connectivity index (χ2v) is 34.3. The first-order chi connectivity index (χ1) is 50.7. The smallest absolute Gasteiger partial charge is 0.203 e. The van der Waals surface area contributed by atoms with Gasteiger partial charge < -0.3 is 24.4 Å². The van der Waals surface area contributed by atoms with Crippen molar-refractivity contribution in [3.63, 3.8) is 0 Å². The normalized spacial score (nSPS) is 16.8. The fourth-order valence-corrected chi connectivity index (χ4v) is 23.4. The molecular formula is C92H78FO5S5+5. The molecule has 103 heavy (non-hydrogen) atoms. The van der Waals surface area contributed by atoms with E-state index in [4.69, 9.17) is 14.2 Å². The third-order valence-corrected chi connectivity index (χ3v) is 28.8. The first-order valence-electron chi connectivity index (χ1n) is 34.0. The second-order valence-electron chi connectivity index (χ2n) is 23.9. The van der Waals surface area contributed by atoms with Gasteiger partial charge in [0.05, 0.1) is 61.6 Å². The molecule has 13 aromatic rings. The fraction of sp³-hybridized carbons (Fsp3) is 0.0652. The van der Waals surface area contributed by atoms with Crippen LogP contribution in [0.15, 0.2) is 464 Å². The average molecular weight is 1440 g/mol. The molecular weight excluding hydrogens is 1360 g/mol. The van der Waals surface area contributed by atoms with Gasteiger partial charge in [-0.2, -0.15) is 0 Å². The third-order valence-electron chi connectivity index (χ3n) is 17.0. The van der Waals surface area contributed by atoms with E-state index in [0.29, 0.717) is 22.0 Å². The third kappa shape index (κ3) is 18.1. The van der Waals surface area contributed by atoms with Gasteiger partial charge in [-0.15, -0.1) is 0 Å². The average Bonchev–Trinajstić information content (AvgIpc) is 0.774. The molecule has 17 rings (SSSR count). The van der Waals surface area contributed by atoms with Crippen molar-refractivity contribution in [2.24, 2.45) is 0 Å². The molecule has 11 heteroatoms. The Hall–Kier alpha value is -10.5. The lowest BCUT2D eigenvalue weighted by atomic mass is 10.1. The Morgan fingerprint density at radius 3 is 0.922 bits per heavy atom. The number of rotatable bonds is 12. The van der Waals surface area contributed by atoms with Gasteiger partial charge >= 0.3 is 0 Å². The van der Waals surface area contributed by atoms with Crippen LogP contribution in [0.25, 0.3) is 0 Å². The maximum absolute atomic E-state index is 13.2. The summed E-state index contributed by atoms with van der Waals surface area (Å²) in [5.74, 6) is 3.30. The van der Waals surface area contributed by atoms with Crippen LogP contribution >= 0.6 is 0 Å². The van der Waals surface area contributed by atoms with E-state index in [0.717, 1.165) is 22.1 Å². The number of phenols is 2. The van der Waals surface area contributed by atoms with Gasteiger partial charge in [0.1, 0.15) is 23.1 Å². The Morgan fingerprint density at radius 1 is 0.311 bits per heavy atom. The van der Waals surface area contributed by atoms with Gasteiger partial charge in [-0.05, 0) is 237 Å². The van der Waals surface area contributed by atoms with Crippen LogP contribution in [0.3, 0.4) is 0 Å². The zero-order valence-electron chi connectivity index (χ0n) is 57.0. The number of hydrogen-bond acceptors (Lipinski definition) is 5. The van der Waals surface area contributed by atoms with Crippen molar-refractivity contribution < 1.29 is 28.8 Å². The molecule has 6 unspecified atom stereocenters. The summed E-state index contributed by atoms with van der Waals surface area (Å²) in [6.45, 7) is 2.14. The van der Waals surface area contributed by atoms with E-state index in [9.17, 15) is 14.6 Å². The maximum Gasteiger partial charge on any atom is 0.203 e. The number of phenolic OH excluding ortho intramolecular Hbond substituents is 2. The highest BCUT2D eigenvalue weighted by atomic mass is 32.2. The highest BCUT2D eigenvalue weighted by Crippen LogP contribution is 2.45. The fourth-order valence-electron chi connectivity index (χ4n) is 12.1. The van der Waals surface area contributed by atoms with E-state index in [2.05, 4.69) is 256 Å². The summed E-state index contributed by atoms with van der Waals surface area (Å²) in [4.78, 5) is 16.5. The Balaban J connectivity index is 0.000000115. The number of benzene rings is 13. The number of para-hydroxylation sites is 2. The van der Waals surface area contributed by atoms with Crippen molar-refractivity contribution in [1.82, 2.24) is 0 Å². The van der Waals surface area contributed by atoms with E-state index in [1.54, 1.807) is 31.4 Å². The highest BCUT2D eigenvalue weighted by Gasteiger charge is 2.48. The van der Waals surface area contributed by atoms with Crippen molar-refractivity contribution in [3.8, 4) is 28.7 Å². The zero-order chi connectivity index (χ0) is 70.5. The number of fused-ring (bicyclic) bond motifs is 4. The summed E-state index contributed by atoms with van der Waals surface area (Å²) in [6.07, 6.45) is 17.4. The molecule has 2 heterocycles. The van der Waals surface area contributed by atoms with Crippen LogP contribution in [-0.4, -0.2) is 40.0 Å². The van der Waals surface area contributed by atoms with Gasteiger partial charge in [-0.25, -0.2) is 4.39 Å².